The Kier molecular flexibility index (Phi) is 8.38. The van der Waals surface area contributed by atoms with Gasteiger partial charge in [0.15, 0.2) is 0 Å². The molecule has 0 unspecified atom stereocenters. The summed E-state index contributed by atoms with van der Waals surface area (Å²) >= 11 is 0. The second-order valence-corrected chi connectivity index (χ2v) is 13.6. The third kappa shape index (κ3) is 5.73. The molecule has 0 bridgehead atoms. The molecule has 4 aromatic rings. The van der Waals surface area contributed by atoms with Crippen LogP contribution in [0.15, 0.2) is 64.4 Å². The van der Waals surface area contributed by atoms with Gasteiger partial charge in [0.25, 0.3) is 25.9 Å². The van der Waals surface area contributed by atoms with Crippen LogP contribution in [0.25, 0.3) is 22.9 Å². The third-order valence-corrected chi connectivity index (χ3v) is 9.62. The molecule has 0 spiro atoms. The molecule has 0 atom stereocenters. The number of nitrogens with zero attached hydrogens (tertiary/aromatic N) is 1. The molecule has 0 saturated carbocycles. The number of unbranched alkanes of at least 4 members (excludes halogenated alkanes) is 2. The van der Waals surface area contributed by atoms with Crippen LogP contribution in [-0.2, 0) is 33.1 Å². The highest BCUT2D eigenvalue weighted by Crippen LogP contribution is 2.44. The Morgan fingerprint density at radius 3 is 2.16 bits per heavy atom. The predicted molar refractivity (Wildman–Crippen MR) is 167 cm³/mol. The van der Waals surface area contributed by atoms with Crippen molar-refractivity contribution in [3.8, 4) is 11.5 Å². The molecule has 5 rings (SSSR count). The van der Waals surface area contributed by atoms with E-state index in [9.17, 15) is 36.1 Å². The van der Waals surface area contributed by atoms with Gasteiger partial charge in [-0.25, -0.2) is 0 Å². The van der Waals surface area contributed by atoms with Crippen LogP contribution >= 0.6 is 0 Å². The first-order chi connectivity index (χ1) is 20.8. The Balaban J connectivity index is 1.99. The first-order valence-corrected chi connectivity index (χ1v) is 17.0. The van der Waals surface area contributed by atoms with E-state index >= 15 is 0 Å². The number of hydrogen-bond donors (Lipinski definition) is 2. The Morgan fingerprint density at radius 1 is 0.841 bits per heavy atom. The monoisotopic (exact) mass is 637 g/mol. The average molecular weight is 638 g/mol. The highest BCUT2D eigenvalue weighted by Gasteiger charge is 2.30. The summed E-state index contributed by atoms with van der Waals surface area (Å²) in [4.78, 5) is 9.56. The van der Waals surface area contributed by atoms with Crippen LogP contribution < -0.4 is 15.2 Å². The lowest BCUT2D eigenvalue weighted by atomic mass is 9.87. The van der Waals surface area contributed by atoms with Gasteiger partial charge in [0.1, 0.15) is 16.4 Å². The van der Waals surface area contributed by atoms with Crippen molar-refractivity contribution in [2.45, 2.75) is 62.2 Å². The molecule has 0 aliphatic carbocycles. The van der Waals surface area contributed by atoms with Gasteiger partial charge in [0.05, 0.1) is 9.82 Å². The fourth-order valence-corrected chi connectivity index (χ4v) is 6.97. The standard InChI is InChI=1S/C32H31NO9S2/c1-4-6-8-20-17-28-30(26-15-12-23(43(36,37)38)18-29(26)44(39,40)41)27-13-10-21-16-22(33(34)35)11-14-25(21)32(27)42-31(28)24(19(20)3)9-7-5-2/h10-18H,3-9H2,1-2H3,(H,36,37,38)(H,39,40,41). The van der Waals surface area contributed by atoms with Crippen LogP contribution in [0.5, 0.6) is 11.5 Å². The molecule has 0 fully saturated rings. The van der Waals surface area contributed by atoms with Crippen molar-refractivity contribution in [1.29, 1.82) is 0 Å². The maximum absolute atomic E-state index is 12.7. The normalized spacial score (nSPS) is 13.0. The summed E-state index contributed by atoms with van der Waals surface area (Å²) in [6.07, 6.45) is 4.83. The van der Waals surface area contributed by atoms with Gasteiger partial charge >= 0.3 is 0 Å². The maximum Gasteiger partial charge on any atom is 0.295 e. The molecule has 0 saturated heterocycles. The molecule has 0 aromatic heterocycles. The van der Waals surface area contributed by atoms with Gasteiger partial charge in [-0.15, -0.1) is 0 Å². The number of non-ortho nitro benzene ring substituents is 1. The topological polar surface area (TPSA) is 161 Å². The van der Waals surface area contributed by atoms with Crippen LogP contribution in [0, 0.1) is 10.1 Å². The van der Waals surface area contributed by atoms with Crippen LogP contribution in [0.3, 0.4) is 0 Å². The molecule has 4 aromatic carbocycles. The van der Waals surface area contributed by atoms with E-state index in [2.05, 4.69) is 20.4 Å². The average Bonchev–Trinajstić information content (AvgIpc) is 2.97. The Hall–Kier alpha value is -4.10. The summed E-state index contributed by atoms with van der Waals surface area (Å²) in [5.74, 6) is 0.760. The van der Waals surface area contributed by atoms with Crippen LogP contribution in [-0.4, -0.2) is 30.9 Å². The lowest BCUT2D eigenvalue weighted by Gasteiger charge is -2.26. The smallest absolute Gasteiger partial charge is 0.295 e. The first-order valence-electron chi connectivity index (χ1n) is 14.1. The largest absolute Gasteiger partial charge is 0.455 e. The molecule has 10 nitrogen and oxygen atoms in total. The molecule has 1 aliphatic heterocycles. The van der Waals surface area contributed by atoms with E-state index in [1.807, 2.05) is 6.07 Å². The lowest BCUT2D eigenvalue weighted by molar-refractivity contribution is -0.384. The van der Waals surface area contributed by atoms with E-state index in [1.54, 1.807) is 18.2 Å². The van der Waals surface area contributed by atoms with Crippen molar-refractivity contribution in [3.63, 3.8) is 0 Å². The molecular formula is C32H31NO9S2. The number of aryl methyl sites for hydroxylation is 1. The van der Waals surface area contributed by atoms with E-state index in [-0.39, 0.29) is 11.3 Å². The lowest BCUT2D eigenvalue weighted by Crippen LogP contribution is -2.27. The molecule has 0 radical (unpaired) electrons. The highest BCUT2D eigenvalue weighted by atomic mass is 32.2. The van der Waals surface area contributed by atoms with Crippen LogP contribution in [0.1, 0.15) is 61.8 Å². The van der Waals surface area contributed by atoms with E-state index < -0.39 is 35.0 Å². The summed E-state index contributed by atoms with van der Waals surface area (Å²) in [6.45, 7) is 8.51. The molecular weight excluding hydrogens is 606 g/mol. The summed E-state index contributed by atoms with van der Waals surface area (Å²) < 4.78 is 76.0. The van der Waals surface area contributed by atoms with Gasteiger partial charge < -0.3 is 4.74 Å². The number of rotatable bonds is 10. The number of hydrogen-bond acceptors (Lipinski definition) is 7. The summed E-state index contributed by atoms with van der Waals surface area (Å²) in [7, 11) is -9.82. The van der Waals surface area contributed by atoms with Crippen molar-refractivity contribution in [1.82, 2.24) is 0 Å². The molecule has 44 heavy (non-hydrogen) atoms. The van der Waals surface area contributed by atoms with Gasteiger partial charge in [-0.3, -0.25) is 19.2 Å². The number of nitro benzene ring substituents is 1. The first kappa shape index (κ1) is 31.3. The quantitative estimate of drug-likeness (QED) is 0.111. The zero-order chi connectivity index (χ0) is 32.0. The number of benzene rings is 4. The van der Waals surface area contributed by atoms with Gasteiger partial charge in [-0.2, -0.15) is 16.8 Å². The van der Waals surface area contributed by atoms with Gasteiger partial charge in [-0.05, 0) is 72.2 Å². The minimum Gasteiger partial charge on any atom is -0.455 e. The Labute approximate surface area is 255 Å². The highest BCUT2D eigenvalue weighted by molar-refractivity contribution is 7.86. The van der Waals surface area contributed by atoms with Crippen molar-refractivity contribution < 1.29 is 35.6 Å². The number of nitro groups is 1. The minimum atomic E-state index is -5.01. The van der Waals surface area contributed by atoms with Crippen LogP contribution in [0.2, 0.25) is 0 Å². The number of fused-ring (bicyclic) bond motifs is 4. The van der Waals surface area contributed by atoms with Crippen molar-refractivity contribution in [2.24, 2.45) is 0 Å². The zero-order valence-corrected chi connectivity index (χ0v) is 25.8. The molecule has 2 N–H and O–H groups in total. The van der Waals surface area contributed by atoms with Crippen LogP contribution in [0.4, 0.5) is 5.69 Å². The second kappa shape index (κ2) is 11.8. The predicted octanol–water partition coefficient (Wildman–Crippen LogP) is 5.69. The molecule has 1 heterocycles. The third-order valence-electron chi connectivity index (χ3n) is 7.87. The molecule has 1 aliphatic rings. The van der Waals surface area contributed by atoms with Gasteiger partial charge in [-0.1, -0.05) is 45.4 Å². The van der Waals surface area contributed by atoms with E-state index in [4.69, 9.17) is 4.74 Å². The van der Waals surface area contributed by atoms with E-state index in [1.165, 1.54) is 18.2 Å². The second-order valence-electron chi connectivity index (χ2n) is 10.8. The fourth-order valence-electron chi connectivity index (χ4n) is 5.66. The fraction of sp³-hybridized carbons (Fsp3) is 0.250. The van der Waals surface area contributed by atoms with E-state index in [0.29, 0.717) is 51.5 Å². The summed E-state index contributed by atoms with van der Waals surface area (Å²) in [5.41, 5.74) is 2.44. The van der Waals surface area contributed by atoms with Crippen molar-refractivity contribution in [2.75, 3.05) is 0 Å². The number of ether oxygens (including phenoxy) is 1. The maximum atomic E-state index is 12.7. The summed E-state index contributed by atoms with van der Waals surface area (Å²) in [6, 6.07) is 12.5. The van der Waals surface area contributed by atoms with Gasteiger partial charge in [0.2, 0.25) is 0 Å². The Bertz CT molecular complexity index is 2170. The van der Waals surface area contributed by atoms with E-state index in [0.717, 1.165) is 54.2 Å². The minimum absolute atomic E-state index is 0.00773. The summed E-state index contributed by atoms with van der Waals surface area (Å²) in [5, 5.41) is 13.9. The SMILES string of the molecule is C=c1c(CCCC)cc2c(c1CCCC)Oc1c(ccc3cc([N+](=O)[O-])ccc13)C=2c1ccc(S(=O)(=O)O)cc1S(=O)(=O)O. The Morgan fingerprint density at radius 2 is 1.52 bits per heavy atom. The van der Waals surface area contributed by atoms with Crippen molar-refractivity contribution in [3.05, 3.63) is 97.4 Å². The molecule has 0 amide bonds. The zero-order valence-electron chi connectivity index (χ0n) is 24.2. The van der Waals surface area contributed by atoms with Gasteiger partial charge in [0, 0.05) is 45.0 Å². The molecule has 12 heteroatoms. The molecule has 230 valence electrons. The van der Waals surface area contributed by atoms with Crippen molar-refractivity contribution >= 4 is 48.8 Å².